The van der Waals surface area contributed by atoms with Gasteiger partial charge in [-0.1, -0.05) is 121 Å². The molecule has 0 spiro atoms. The molecule has 0 aliphatic heterocycles. The third kappa shape index (κ3) is 5.00. The molecule has 10 rings (SSSR count). The van der Waals surface area contributed by atoms with Crippen LogP contribution < -0.4 is 4.90 Å². The molecule has 0 N–H and O–H groups in total. The summed E-state index contributed by atoms with van der Waals surface area (Å²) in [6.45, 7) is 0. The molecule has 2 aromatic heterocycles. The number of fused-ring (bicyclic) bond motifs is 6. The lowest BCUT2D eigenvalue weighted by Crippen LogP contribution is -2.09. The highest BCUT2D eigenvalue weighted by atomic mass is 15.1. The largest absolute Gasteiger partial charge is 0.310 e. The van der Waals surface area contributed by atoms with Crippen LogP contribution in [0.3, 0.4) is 0 Å². The molecule has 0 atom stereocenters. The van der Waals surface area contributed by atoms with Crippen LogP contribution in [0, 0.1) is 0 Å². The summed E-state index contributed by atoms with van der Waals surface area (Å²) in [5.74, 6) is 0.924. The topological polar surface area (TPSA) is 34.0 Å². The summed E-state index contributed by atoms with van der Waals surface area (Å²) in [7, 11) is 0. The van der Waals surface area contributed by atoms with Crippen molar-refractivity contribution in [1.82, 2.24) is 14.5 Å². The van der Waals surface area contributed by atoms with Crippen molar-refractivity contribution >= 4 is 60.5 Å². The first-order valence-corrected chi connectivity index (χ1v) is 17.6. The van der Waals surface area contributed by atoms with E-state index >= 15 is 0 Å². The summed E-state index contributed by atoms with van der Waals surface area (Å²) in [5, 5.41) is 5.82. The van der Waals surface area contributed by atoms with Crippen molar-refractivity contribution in [1.29, 1.82) is 0 Å². The summed E-state index contributed by atoms with van der Waals surface area (Å²) >= 11 is 0. The Kier molecular flexibility index (Phi) is 7.10. The summed E-state index contributed by atoms with van der Waals surface area (Å²) < 4.78 is 2.26. The third-order valence-corrected chi connectivity index (χ3v) is 9.92. The van der Waals surface area contributed by atoms with Crippen LogP contribution in [0.2, 0.25) is 0 Å². The van der Waals surface area contributed by atoms with Crippen molar-refractivity contribution in [2.75, 3.05) is 4.90 Å². The van der Waals surface area contributed by atoms with E-state index in [2.05, 4.69) is 198 Å². The van der Waals surface area contributed by atoms with Crippen molar-refractivity contribution in [2.24, 2.45) is 0 Å². The molecule has 0 radical (unpaired) electrons. The van der Waals surface area contributed by atoms with Gasteiger partial charge < -0.3 is 4.90 Å². The molecule has 2 heterocycles. The Morgan fingerprint density at radius 1 is 0.404 bits per heavy atom. The fourth-order valence-corrected chi connectivity index (χ4v) is 7.59. The van der Waals surface area contributed by atoms with Gasteiger partial charge in [-0.05, 0) is 83.6 Å². The lowest BCUT2D eigenvalue weighted by Gasteiger charge is -2.26. The first-order valence-electron chi connectivity index (χ1n) is 17.6. The number of pyridine rings is 1. The molecule has 10 aromatic rings. The van der Waals surface area contributed by atoms with E-state index in [0.717, 1.165) is 78.1 Å². The molecular formula is C48H32N4. The lowest BCUT2D eigenvalue weighted by molar-refractivity contribution is 1.10. The monoisotopic (exact) mass is 664 g/mol. The third-order valence-electron chi connectivity index (χ3n) is 9.92. The average molecular weight is 665 g/mol. The maximum Gasteiger partial charge on any atom is 0.145 e. The van der Waals surface area contributed by atoms with Crippen molar-refractivity contribution in [3.63, 3.8) is 0 Å². The maximum atomic E-state index is 5.33. The first kappa shape index (κ1) is 29.8. The van der Waals surface area contributed by atoms with Gasteiger partial charge >= 0.3 is 0 Å². The number of hydrogen-bond donors (Lipinski definition) is 0. The second kappa shape index (κ2) is 12.4. The van der Waals surface area contributed by atoms with Crippen molar-refractivity contribution in [2.45, 2.75) is 0 Å². The summed E-state index contributed by atoms with van der Waals surface area (Å²) in [5.41, 5.74) is 10.5. The van der Waals surface area contributed by atoms with E-state index in [1.54, 1.807) is 0 Å². The Balaban J connectivity index is 1.17. The van der Waals surface area contributed by atoms with E-state index < -0.39 is 0 Å². The standard InChI is InChI=1S/C48H32N4/c1-4-16-36(17-5-1)51(37-18-6-2-7-19-37)39-22-14-15-34(32-39)47-42-30-27-33-31-35(28-29-40(33)46(42)41-23-10-11-24-43(41)49-47)48-50-44-25-12-13-26-45(44)52(48)38-20-8-3-9-21-38/h1-32H. The van der Waals surface area contributed by atoms with Gasteiger partial charge in [0.05, 0.1) is 22.2 Å². The van der Waals surface area contributed by atoms with E-state index in [-0.39, 0.29) is 0 Å². The molecule has 0 fully saturated rings. The number of anilines is 3. The Hall–Kier alpha value is -7.04. The minimum Gasteiger partial charge on any atom is -0.310 e. The average Bonchev–Trinajstić information content (AvgIpc) is 3.61. The van der Waals surface area contributed by atoms with Crippen molar-refractivity contribution < 1.29 is 0 Å². The molecule has 0 aliphatic rings. The van der Waals surface area contributed by atoms with E-state index in [0.29, 0.717) is 0 Å². The number of imidazole rings is 1. The van der Waals surface area contributed by atoms with Crippen LogP contribution in [0.15, 0.2) is 194 Å². The van der Waals surface area contributed by atoms with Crippen LogP contribution in [0.1, 0.15) is 0 Å². The van der Waals surface area contributed by atoms with Gasteiger partial charge in [-0.2, -0.15) is 0 Å². The predicted octanol–water partition coefficient (Wildman–Crippen LogP) is 12.7. The number of aromatic nitrogens is 3. The summed E-state index contributed by atoms with van der Waals surface area (Å²) in [4.78, 5) is 12.8. The smallest absolute Gasteiger partial charge is 0.145 e. The first-order chi connectivity index (χ1) is 25.8. The molecule has 4 nitrogen and oxygen atoms in total. The quantitative estimate of drug-likeness (QED) is 0.166. The Bertz CT molecular complexity index is 2860. The zero-order chi connectivity index (χ0) is 34.4. The van der Waals surface area contributed by atoms with E-state index in [4.69, 9.17) is 9.97 Å². The molecular weight excluding hydrogens is 633 g/mol. The second-order valence-electron chi connectivity index (χ2n) is 13.1. The zero-order valence-corrected chi connectivity index (χ0v) is 28.3. The second-order valence-corrected chi connectivity index (χ2v) is 13.1. The van der Waals surface area contributed by atoms with Crippen LogP contribution in [-0.4, -0.2) is 14.5 Å². The number of hydrogen-bond acceptors (Lipinski definition) is 3. The van der Waals surface area contributed by atoms with Crippen molar-refractivity contribution in [3.8, 4) is 28.3 Å². The van der Waals surface area contributed by atoms with Gasteiger partial charge in [-0.3, -0.25) is 4.57 Å². The normalized spacial score (nSPS) is 11.5. The van der Waals surface area contributed by atoms with Crippen LogP contribution in [0.4, 0.5) is 17.1 Å². The Morgan fingerprint density at radius 3 is 1.81 bits per heavy atom. The van der Waals surface area contributed by atoms with Crippen LogP contribution in [-0.2, 0) is 0 Å². The fourth-order valence-electron chi connectivity index (χ4n) is 7.59. The van der Waals surface area contributed by atoms with Gasteiger partial charge in [0.2, 0.25) is 0 Å². The SMILES string of the molecule is c1ccc(N(c2ccccc2)c2cccc(-c3nc4ccccc4c4c3ccc3cc(-c5nc6ccccc6n5-c5ccccc5)ccc34)c2)cc1. The Labute approximate surface area is 301 Å². The molecule has 0 bridgehead atoms. The van der Waals surface area contributed by atoms with Gasteiger partial charge in [0.25, 0.3) is 0 Å². The van der Waals surface area contributed by atoms with Gasteiger partial charge in [0.15, 0.2) is 0 Å². The number of rotatable bonds is 6. The number of benzene rings is 8. The molecule has 0 aliphatic carbocycles. The minimum atomic E-state index is 0.924. The molecule has 0 unspecified atom stereocenters. The van der Waals surface area contributed by atoms with Gasteiger partial charge in [-0.25, -0.2) is 9.97 Å². The van der Waals surface area contributed by atoms with E-state index in [1.807, 2.05) is 6.07 Å². The highest BCUT2D eigenvalue weighted by molar-refractivity contribution is 6.22. The maximum absolute atomic E-state index is 5.33. The molecule has 0 saturated carbocycles. The summed E-state index contributed by atoms with van der Waals surface area (Å²) in [6, 6.07) is 68.4. The molecule has 4 heteroatoms. The predicted molar refractivity (Wildman–Crippen MR) is 217 cm³/mol. The van der Waals surface area contributed by atoms with Gasteiger partial charge in [0.1, 0.15) is 5.82 Å². The highest BCUT2D eigenvalue weighted by Crippen LogP contribution is 2.41. The Morgan fingerprint density at radius 2 is 1.04 bits per heavy atom. The lowest BCUT2D eigenvalue weighted by atomic mass is 9.94. The van der Waals surface area contributed by atoms with Crippen LogP contribution >= 0.6 is 0 Å². The molecule has 0 saturated heterocycles. The zero-order valence-electron chi connectivity index (χ0n) is 28.3. The van der Waals surface area contributed by atoms with E-state index in [9.17, 15) is 0 Å². The number of nitrogens with zero attached hydrogens (tertiary/aromatic N) is 4. The minimum absolute atomic E-state index is 0.924. The number of para-hydroxylation sites is 6. The molecule has 8 aromatic carbocycles. The van der Waals surface area contributed by atoms with Gasteiger partial charge in [-0.15, -0.1) is 0 Å². The highest BCUT2D eigenvalue weighted by Gasteiger charge is 2.19. The van der Waals surface area contributed by atoms with Crippen LogP contribution in [0.25, 0.3) is 71.8 Å². The van der Waals surface area contributed by atoms with E-state index in [1.165, 1.54) is 10.8 Å². The molecule has 244 valence electrons. The fraction of sp³-hybridized carbons (Fsp3) is 0. The molecule has 52 heavy (non-hydrogen) atoms. The molecule has 0 amide bonds. The van der Waals surface area contributed by atoms with Crippen molar-refractivity contribution in [3.05, 3.63) is 194 Å². The van der Waals surface area contributed by atoms with Gasteiger partial charge in [0, 0.05) is 50.0 Å². The summed E-state index contributed by atoms with van der Waals surface area (Å²) in [6.07, 6.45) is 0. The van der Waals surface area contributed by atoms with Crippen LogP contribution in [0.5, 0.6) is 0 Å².